The van der Waals surface area contributed by atoms with Gasteiger partial charge in [-0.25, -0.2) is 9.59 Å². The minimum absolute atomic E-state index is 0.212. The van der Waals surface area contributed by atoms with Gasteiger partial charge in [0.2, 0.25) is 6.08 Å². The van der Waals surface area contributed by atoms with Crippen LogP contribution in [-0.2, 0) is 4.79 Å². The number of rotatable bonds is 4. The summed E-state index contributed by atoms with van der Waals surface area (Å²) in [6, 6.07) is 9.66. The Morgan fingerprint density at radius 2 is 1.91 bits per heavy atom. The van der Waals surface area contributed by atoms with Crippen molar-refractivity contribution in [2.45, 2.75) is 0 Å². The second kappa shape index (κ2) is 6.34. The minimum Gasteiger partial charge on any atom is -0.507 e. The van der Waals surface area contributed by atoms with E-state index >= 15 is 0 Å². The van der Waals surface area contributed by atoms with Crippen LogP contribution in [0, 0.1) is 0 Å². The molecule has 0 fully saturated rings. The molecule has 0 saturated heterocycles. The van der Waals surface area contributed by atoms with Crippen molar-refractivity contribution in [3.8, 4) is 5.75 Å². The van der Waals surface area contributed by atoms with Crippen LogP contribution in [0.4, 0.5) is 11.4 Å². The molecule has 0 saturated carbocycles. The van der Waals surface area contributed by atoms with E-state index in [2.05, 4.69) is 10.3 Å². The third kappa shape index (κ3) is 3.36. The van der Waals surface area contributed by atoms with Crippen LogP contribution in [0.5, 0.6) is 5.75 Å². The van der Waals surface area contributed by atoms with Gasteiger partial charge in [-0.2, -0.15) is 4.99 Å². The highest BCUT2D eigenvalue weighted by atomic mass is 16.4. The van der Waals surface area contributed by atoms with Gasteiger partial charge in [0.15, 0.2) is 0 Å². The fourth-order valence-corrected chi connectivity index (χ4v) is 1.76. The lowest BCUT2D eigenvalue weighted by Crippen LogP contribution is -2.12. The van der Waals surface area contributed by atoms with Crippen molar-refractivity contribution in [3.05, 3.63) is 53.6 Å². The molecule has 2 aromatic rings. The maximum Gasteiger partial charge on any atom is 0.339 e. The van der Waals surface area contributed by atoms with E-state index in [1.807, 2.05) is 0 Å². The van der Waals surface area contributed by atoms with E-state index in [4.69, 9.17) is 5.11 Å². The van der Waals surface area contributed by atoms with Crippen LogP contribution in [0.25, 0.3) is 0 Å². The van der Waals surface area contributed by atoms with E-state index < -0.39 is 17.6 Å². The smallest absolute Gasteiger partial charge is 0.339 e. The molecule has 0 unspecified atom stereocenters. The normalized spacial score (nSPS) is 9.64. The van der Waals surface area contributed by atoms with Gasteiger partial charge in [0, 0.05) is 11.3 Å². The van der Waals surface area contributed by atoms with E-state index in [-0.39, 0.29) is 22.5 Å². The van der Waals surface area contributed by atoms with Gasteiger partial charge in [-0.3, -0.25) is 4.79 Å². The van der Waals surface area contributed by atoms with E-state index in [1.54, 1.807) is 6.07 Å². The molecular weight excluding hydrogens is 288 g/mol. The second-order valence-corrected chi connectivity index (χ2v) is 4.24. The van der Waals surface area contributed by atoms with E-state index in [1.165, 1.54) is 36.4 Å². The van der Waals surface area contributed by atoms with E-state index in [9.17, 15) is 19.5 Å². The average Bonchev–Trinajstić information content (AvgIpc) is 2.49. The molecule has 2 rings (SSSR count). The molecule has 110 valence electrons. The molecule has 0 spiro atoms. The molecule has 0 aliphatic rings. The van der Waals surface area contributed by atoms with Crippen LogP contribution in [-0.4, -0.2) is 28.2 Å². The lowest BCUT2D eigenvalue weighted by atomic mass is 10.1. The van der Waals surface area contributed by atoms with Crippen molar-refractivity contribution in [3.63, 3.8) is 0 Å². The number of aromatic hydroxyl groups is 1. The van der Waals surface area contributed by atoms with Crippen LogP contribution >= 0.6 is 0 Å². The molecular formula is C15H10N2O5. The molecule has 0 aromatic heterocycles. The van der Waals surface area contributed by atoms with Crippen molar-refractivity contribution in [1.82, 2.24) is 0 Å². The first-order chi connectivity index (χ1) is 10.5. The topological polar surface area (TPSA) is 116 Å². The van der Waals surface area contributed by atoms with Crippen molar-refractivity contribution < 1.29 is 24.6 Å². The zero-order chi connectivity index (χ0) is 16.1. The standard InChI is InChI=1S/C15H10N2O5/c18-8-16-10-3-1-2-9(6-10)14(20)17-11-4-5-13(19)12(7-11)15(21)22/h1-7,19H,(H,17,20)(H,21,22). The number of carbonyl (C=O) groups is 2. The monoisotopic (exact) mass is 298 g/mol. The molecule has 7 nitrogen and oxygen atoms in total. The number of hydrogen-bond donors (Lipinski definition) is 3. The molecule has 0 aliphatic carbocycles. The molecule has 3 N–H and O–H groups in total. The van der Waals surface area contributed by atoms with Gasteiger partial charge < -0.3 is 15.5 Å². The van der Waals surface area contributed by atoms with Crippen molar-refractivity contribution in [2.24, 2.45) is 4.99 Å². The average molecular weight is 298 g/mol. The summed E-state index contributed by atoms with van der Waals surface area (Å²) in [5.41, 5.74) is 0.405. The van der Waals surface area contributed by atoms with Gasteiger partial charge in [0.1, 0.15) is 11.3 Å². The molecule has 0 atom stereocenters. The molecule has 22 heavy (non-hydrogen) atoms. The SMILES string of the molecule is O=C=Nc1cccc(C(=O)Nc2ccc(O)c(C(=O)O)c2)c1. The largest absolute Gasteiger partial charge is 0.507 e. The van der Waals surface area contributed by atoms with Gasteiger partial charge in [-0.15, -0.1) is 0 Å². The summed E-state index contributed by atoms with van der Waals surface area (Å²) in [5.74, 6) is -2.21. The molecule has 0 heterocycles. The Balaban J connectivity index is 2.25. The predicted octanol–water partition coefficient (Wildman–Crippen LogP) is 2.31. The number of isocyanates is 1. The first-order valence-electron chi connectivity index (χ1n) is 6.07. The van der Waals surface area contributed by atoms with Crippen LogP contribution in [0.1, 0.15) is 20.7 Å². The first-order valence-corrected chi connectivity index (χ1v) is 6.07. The number of carboxylic acid groups (broad SMARTS) is 1. The highest BCUT2D eigenvalue weighted by Crippen LogP contribution is 2.22. The number of aliphatic imine (C=N–C) groups is 1. The summed E-state index contributed by atoms with van der Waals surface area (Å²) in [6.07, 6.45) is 1.38. The zero-order valence-electron chi connectivity index (χ0n) is 11.1. The first kappa shape index (κ1) is 15.0. The number of anilines is 1. The number of carbonyl (C=O) groups excluding carboxylic acids is 2. The number of benzene rings is 2. The summed E-state index contributed by atoms with van der Waals surface area (Å²) in [7, 11) is 0. The lowest BCUT2D eigenvalue weighted by Gasteiger charge is -2.07. The fourth-order valence-electron chi connectivity index (χ4n) is 1.76. The van der Waals surface area contributed by atoms with Gasteiger partial charge in [-0.05, 0) is 36.4 Å². The van der Waals surface area contributed by atoms with Crippen molar-refractivity contribution in [2.75, 3.05) is 5.32 Å². The van der Waals surface area contributed by atoms with E-state index in [0.29, 0.717) is 0 Å². The fraction of sp³-hybridized carbons (Fsp3) is 0. The number of phenols is 1. The Labute approximate surface area is 124 Å². The Kier molecular flexibility index (Phi) is 4.31. The molecule has 0 aliphatic heterocycles. The number of amides is 1. The Morgan fingerprint density at radius 3 is 2.59 bits per heavy atom. The lowest BCUT2D eigenvalue weighted by molar-refractivity contribution is 0.0693. The van der Waals surface area contributed by atoms with Crippen LogP contribution in [0.2, 0.25) is 0 Å². The molecule has 1 amide bonds. The highest BCUT2D eigenvalue weighted by Gasteiger charge is 2.12. The summed E-state index contributed by atoms with van der Waals surface area (Å²) in [5, 5.41) is 20.8. The van der Waals surface area contributed by atoms with Gasteiger partial charge in [-0.1, -0.05) is 6.07 Å². The summed E-state index contributed by atoms with van der Waals surface area (Å²) in [4.78, 5) is 36.6. The van der Waals surface area contributed by atoms with Gasteiger partial charge in [0.05, 0.1) is 5.69 Å². The number of nitrogens with one attached hydrogen (secondary N) is 1. The molecule has 0 bridgehead atoms. The molecule has 2 aromatic carbocycles. The summed E-state index contributed by atoms with van der Waals surface area (Å²) < 4.78 is 0. The number of hydrogen-bond acceptors (Lipinski definition) is 5. The second-order valence-electron chi connectivity index (χ2n) is 4.24. The molecule has 7 heteroatoms. The van der Waals surface area contributed by atoms with E-state index in [0.717, 1.165) is 6.07 Å². The number of nitrogens with zero attached hydrogens (tertiary/aromatic N) is 1. The Bertz CT molecular complexity index is 794. The minimum atomic E-state index is -1.31. The van der Waals surface area contributed by atoms with Crippen LogP contribution < -0.4 is 5.32 Å². The maximum atomic E-state index is 12.1. The third-order valence-corrected chi connectivity index (χ3v) is 2.77. The summed E-state index contributed by atoms with van der Waals surface area (Å²) >= 11 is 0. The Morgan fingerprint density at radius 1 is 1.14 bits per heavy atom. The zero-order valence-corrected chi connectivity index (χ0v) is 11.1. The van der Waals surface area contributed by atoms with Gasteiger partial charge >= 0.3 is 5.97 Å². The number of aromatic carboxylic acids is 1. The van der Waals surface area contributed by atoms with Crippen molar-refractivity contribution >= 4 is 29.3 Å². The van der Waals surface area contributed by atoms with Gasteiger partial charge in [0.25, 0.3) is 5.91 Å². The molecule has 0 radical (unpaired) electrons. The summed E-state index contributed by atoms with van der Waals surface area (Å²) in [6.45, 7) is 0. The predicted molar refractivity (Wildman–Crippen MR) is 77.2 cm³/mol. The Hall–Kier alpha value is -3.44. The quantitative estimate of drug-likeness (QED) is 0.455. The third-order valence-electron chi connectivity index (χ3n) is 2.77. The van der Waals surface area contributed by atoms with Crippen LogP contribution in [0.3, 0.4) is 0 Å². The van der Waals surface area contributed by atoms with Crippen molar-refractivity contribution in [1.29, 1.82) is 0 Å². The maximum absolute atomic E-state index is 12.1. The van der Waals surface area contributed by atoms with Crippen LogP contribution in [0.15, 0.2) is 47.5 Å². The highest BCUT2D eigenvalue weighted by molar-refractivity contribution is 6.05. The number of carboxylic acids is 1.